The van der Waals surface area contributed by atoms with E-state index in [0.717, 1.165) is 5.56 Å². The molecule has 3 nitrogen and oxygen atoms in total. The molecule has 1 aromatic rings. The van der Waals surface area contributed by atoms with Gasteiger partial charge < -0.3 is 11.1 Å². The van der Waals surface area contributed by atoms with Gasteiger partial charge >= 0.3 is 6.18 Å². The fourth-order valence-electron chi connectivity index (χ4n) is 2.95. The highest BCUT2D eigenvalue weighted by atomic mass is 35.5. The first-order valence-corrected chi connectivity index (χ1v) is 7.54. The Morgan fingerprint density at radius 2 is 1.74 bits per heavy atom. The maximum Gasteiger partial charge on any atom is 0.391 e. The highest BCUT2D eigenvalue weighted by molar-refractivity contribution is 5.85. The van der Waals surface area contributed by atoms with E-state index < -0.39 is 18.0 Å². The largest absolute Gasteiger partial charge is 0.391 e. The van der Waals surface area contributed by atoms with E-state index in [-0.39, 0.29) is 43.7 Å². The molecule has 1 unspecified atom stereocenters. The van der Waals surface area contributed by atoms with Crippen molar-refractivity contribution in [3.63, 3.8) is 0 Å². The Bertz CT molecular complexity index is 488. The van der Waals surface area contributed by atoms with Crippen molar-refractivity contribution in [1.29, 1.82) is 0 Å². The van der Waals surface area contributed by atoms with Crippen molar-refractivity contribution in [3.8, 4) is 0 Å². The first kappa shape index (κ1) is 19.8. The highest BCUT2D eigenvalue weighted by Crippen LogP contribution is 2.37. The number of nitrogens with two attached hydrogens (primary N) is 1. The van der Waals surface area contributed by atoms with Crippen LogP contribution in [0.5, 0.6) is 0 Å². The molecular weight excluding hydrogens is 329 g/mol. The molecule has 7 heteroatoms. The van der Waals surface area contributed by atoms with Gasteiger partial charge in [-0.3, -0.25) is 4.79 Å². The van der Waals surface area contributed by atoms with Crippen molar-refractivity contribution >= 4 is 18.3 Å². The van der Waals surface area contributed by atoms with Crippen LogP contribution in [0.25, 0.3) is 0 Å². The number of rotatable bonds is 4. The topological polar surface area (TPSA) is 55.1 Å². The summed E-state index contributed by atoms with van der Waals surface area (Å²) in [6.45, 7) is 0.174. The number of nitrogens with one attached hydrogen (secondary N) is 1. The SMILES string of the molecule is Cl.NCC(C(=O)NC1CCC(C(F)(F)F)CC1)c1ccccc1. The molecule has 130 valence electrons. The summed E-state index contributed by atoms with van der Waals surface area (Å²) in [6.07, 6.45) is -3.25. The molecule has 0 spiro atoms. The molecule has 1 saturated carbocycles. The maximum absolute atomic E-state index is 12.6. The molecule has 3 N–H and O–H groups in total. The monoisotopic (exact) mass is 350 g/mol. The number of amides is 1. The molecule has 0 heterocycles. The Morgan fingerprint density at radius 1 is 1.17 bits per heavy atom. The van der Waals surface area contributed by atoms with E-state index in [1.54, 1.807) is 0 Å². The third-order valence-corrected chi connectivity index (χ3v) is 4.29. The first-order valence-electron chi connectivity index (χ1n) is 7.54. The van der Waals surface area contributed by atoms with Gasteiger partial charge in [0.15, 0.2) is 0 Å². The lowest BCUT2D eigenvalue weighted by atomic mass is 9.85. The van der Waals surface area contributed by atoms with Crippen LogP contribution in [0, 0.1) is 5.92 Å². The third kappa shape index (κ3) is 5.39. The molecule has 1 aliphatic rings. The van der Waals surface area contributed by atoms with Crippen LogP contribution in [0.1, 0.15) is 37.2 Å². The zero-order chi connectivity index (χ0) is 16.2. The van der Waals surface area contributed by atoms with Gasteiger partial charge in [-0.25, -0.2) is 0 Å². The maximum atomic E-state index is 12.6. The molecule has 1 atom stereocenters. The fourth-order valence-corrected chi connectivity index (χ4v) is 2.95. The van der Waals surface area contributed by atoms with Gasteiger partial charge in [0.1, 0.15) is 0 Å². The van der Waals surface area contributed by atoms with Crippen molar-refractivity contribution in [1.82, 2.24) is 5.32 Å². The van der Waals surface area contributed by atoms with E-state index >= 15 is 0 Å². The molecule has 0 aromatic heterocycles. The van der Waals surface area contributed by atoms with Gasteiger partial charge in [0.25, 0.3) is 0 Å². The van der Waals surface area contributed by atoms with Crippen LogP contribution in [0.15, 0.2) is 30.3 Å². The number of alkyl halides is 3. The second-order valence-corrected chi connectivity index (χ2v) is 5.80. The normalized spacial score (nSPS) is 22.8. The molecule has 0 radical (unpaired) electrons. The summed E-state index contributed by atoms with van der Waals surface area (Å²) in [4.78, 5) is 12.3. The predicted octanol–water partition coefficient (Wildman–Crippen LogP) is 3.39. The van der Waals surface area contributed by atoms with E-state index in [4.69, 9.17) is 5.73 Å². The minimum absolute atomic E-state index is 0. The molecule has 0 saturated heterocycles. The lowest BCUT2D eigenvalue weighted by Crippen LogP contribution is -2.43. The third-order valence-electron chi connectivity index (χ3n) is 4.29. The molecule has 1 aromatic carbocycles. The number of halogens is 4. The number of carbonyl (C=O) groups is 1. The van der Waals surface area contributed by atoms with E-state index in [9.17, 15) is 18.0 Å². The smallest absolute Gasteiger partial charge is 0.353 e. The zero-order valence-electron chi connectivity index (χ0n) is 12.7. The van der Waals surface area contributed by atoms with Crippen molar-refractivity contribution in [3.05, 3.63) is 35.9 Å². The molecule has 1 fully saturated rings. The summed E-state index contributed by atoms with van der Waals surface area (Å²) in [5.74, 6) is -1.90. The fraction of sp³-hybridized carbons (Fsp3) is 0.562. The molecule has 23 heavy (non-hydrogen) atoms. The molecule has 2 rings (SSSR count). The second-order valence-electron chi connectivity index (χ2n) is 5.80. The Morgan fingerprint density at radius 3 is 2.22 bits per heavy atom. The van der Waals surface area contributed by atoms with Crippen LogP contribution in [0.4, 0.5) is 13.2 Å². The van der Waals surface area contributed by atoms with Crippen LogP contribution < -0.4 is 11.1 Å². The minimum atomic E-state index is -4.13. The first-order chi connectivity index (χ1) is 10.4. The lowest BCUT2D eigenvalue weighted by molar-refractivity contribution is -0.182. The van der Waals surface area contributed by atoms with Gasteiger partial charge in [0.05, 0.1) is 11.8 Å². The molecular formula is C16H22ClF3N2O. The Labute approximate surface area is 140 Å². The van der Waals surface area contributed by atoms with E-state index in [1.165, 1.54) is 0 Å². The van der Waals surface area contributed by atoms with Crippen LogP contribution in [-0.2, 0) is 4.79 Å². The molecule has 1 aliphatic carbocycles. The van der Waals surface area contributed by atoms with E-state index in [2.05, 4.69) is 5.32 Å². The lowest BCUT2D eigenvalue weighted by Gasteiger charge is -2.31. The summed E-state index contributed by atoms with van der Waals surface area (Å²) < 4.78 is 37.9. The average molecular weight is 351 g/mol. The highest BCUT2D eigenvalue weighted by Gasteiger charge is 2.41. The summed E-state index contributed by atoms with van der Waals surface area (Å²) in [5, 5.41) is 2.85. The van der Waals surface area contributed by atoms with E-state index in [1.807, 2.05) is 30.3 Å². The van der Waals surface area contributed by atoms with E-state index in [0.29, 0.717) is 12.8 Å². The summed E-state index contributed by atoms with van der Waals surface area (Å²) in [6, 6.07) is 8.99. The number of hydrogen-bond donors (Lipinski definition) is 2. The average Bonchev–Trinajstić information content (AvgIpc) is 2.48. The van der Waals surface area contributed by atoms with Crippen molar-refractivity contribution < 1.29 is 18.0 Å². The Kier molecular flexibility index (Phi) is 7.35. The quantitative estimate of drug-likeness (QED) is 0.874. The van der Waals surface area contributed by atoms with Crippen LogP contribution in [0.2, 0.25) is 0 Å². The number of benzene rings is 1. The standard InChI is InChI=1S/C16H21F3N2O.ClH/c17-16(18,19)12-6-8-13(9-7-12)21-15(22)14(10-20)11-4-2-1-3-5-11;/h1-5,12-14H,6-10,20H2,(H,21,22);1H. The van der Waals surface area contributed by atoms with Gasteiger partial charge in [-0.05, 0) is 31.2 Å². The molecule has 0 aliphatic heterocycles. The van der Waals surface area contributed by atoms with Gasteiger partial charge in [0.2, 0.25) is 5.91 Å². The van der Waals surface area contributed by atoms with Gasteiger partial charge in [-0.2, -0.15) is 13.2 Å². The van der Waals surface area contributed by atoms with Crippen molar-refractivity contribution in [2.45, 2.75) is 43.8 Å². The van der Waals surface area contributed by atoms with Crippen LogP contribution in [-0.4, -0.2) is 24.7 Å². The predicted molar refractivity (Wildman–Crippen MR) is 85.4 cm³/mol. The van der Waals surface area contributed by atoms with Crippen LogP contribution in [0.3, 0.4) is 0 Å². The molecule has 0 bridgehead atoms. The minimum Gasteiger partial charge on any atom is -0.353 e. The Hall–Kier alpha value is -1.27. The van der Waals surface area contributed by atoms with Gasteiger partial charge in [-0.1, -0.05) is 30.3 Å². The van der Waals surface area contributed by atoms with Gasteiger partial charge in [0, 0.05) is 12.6 Å². The summed E-state index contributed by atoms with van der Waals surface area (Å²) in [5.41, 5.74) is 6.51. The van der Waals surface area contributed by atoms with Crippen LogP contribution >= 0.6 is 12.4 Å². The Balaban J connectivity index is 0.00000264. The second kappa shape index (κ2) is 8.55. The number of carbonyl (C=O) groups excluding carboxylic acids is 1. The zero-order valence-corrected chi connectivity index (χ0v) is 13.5. The summed E-state index contributed by atoms with van der Waals surface area (Å²) in [7, 11) is 0. The summed E-state index contributed by atoms with van der Waals surface area (Å²) >= 11 is 0. The number of hydrogen-bond acceptors (Lipinski definition) is 2. The molecule has 1 amide bonds. The van der Waals surface area contributed by atoms with Crippen molar-refractivity contribution in [2.75, 3.05) is 6.54 Å². The van der Waals surface area contributed by atoms with Gasteiger partial charge in [-0.15, -0.1) is 12.4 Å². The van der Waals surface area contributed by atoms with Crippen molar-refractivity contribution in [2.24, 2.45) is 11.7 Å².